The van der Waals surface area contributed by atoms with Gasteiger partial charge in [0.15, 0.2) is 0 Å². The number of hydrogen-bond donors (Lipinski definition) is 1. The number of carbonyl (C=O) groups excluding carboxylic acids is 2. The van der Waals surface area contributed by atoms with Crippen LogP contribution >= 0.6 is 11.8 Å². The van der Waals surface area contributed by atoms with E-state index >= 15 is 0 Å². The lowest BCUT2D eigenvalue weighted by Crippen LogP contribution is -2.14. The zero-order valence-corrected chi connectivity index (χ0v) is 12.3. The highest BCUT2D eigenvalue weighted by Gasteiger charge is 2.23. The van der Waals surface area contributed by atoms with Gasteiger partial charge in [0, 0.05) is 22.2 Å². The molecule has 1 aliphatic rings. The number of hydrogen-bond acceptors (Lipinski definition) is 5. The second-order valence-electron chi connectivity index (χ2n) is 4.53. The van der Waals surface area contributed by atoms with Crippen LogP contribution in [0.15, 0.2) is 40.4 Å². The van der Waals surface area contributed by atoms with Gasteiger partial charge in [-0.1, -0.05) is 11.8 Å². The molecule has 0 bridgehead atoms. The van der Waals surface area contributed by atoms with Crippen molar-refractivity contribution in [2.45, 2.75) is 16.7 Å². The van der Waals surface area contributed by atoms with Gasteiger partial charge >= 0.3 is 5.97 Å². The number of benzene rings is 1. The normalized spacial score (nSPS) is 12.8. The molecule has 0 saturated heterocycles. The maximum absolute atomic E-state index is 12.3. The van der Waals surface area contributed by atoms with Gasteiger partial charge in [0.1, 0.15) is 0 Å². The van der Waals surface area contributed by atoms with Crippen molar-refractivity contribution in [1.82, 2.24) is 4.98 Å². The van der Waals surface area contributed by atoms with Crippen molar-refractivity contribution in [3.8, 4) is 0 Å². The molecule has 21 heavy (non-hydrogen) atoms. The maximum atomic E-state index is 12.3. The van der Waals surface area contributed by atoms with Gasteiger partial charge in [0.05, 0.1) is 23.9 Å². The number of methoxy groups -OCH3 is 1. The predicted octanol–water partition coefficient (Wildman–Crippen LogP) is 2.89. The third-order valence-corrected chi connectivity index (χ3v) is 4.43. The smallest absolute Gasteiger partial charge is 0.338 e. The Hall–Kier alpha value is -2.34. The lowest BCUT2D eigenvalue weighted by atomic mass is 10.1. The van der Waals surface area contributed by atoms with E-state index in [1.54, 1.807) is 31.5 Å². The van der Waals surface area contributed by atoms with Gasteiger partial charge < -0.3 is 10.1 Å². The molecule has 1 amide bonds. The lowest BCUT2D eigenvalue weighted by Gasteiger charge is -2.12. The molecule has 0 fully saturated rings. The SMILES string of the molecule is COC(=O)c1ccc2c(c1C)NC(=O)c1ccncc1S2. The Balaban J connectivity index is 2.14. The molecule has 0 atom stereocenters. The molecule has 2 heterocycles. The van der Waals surface area contributed by atoms with E-state index in [0.717, 1.165) is 9.79 Å². The van der Waals surface area contributed by atoms with E-state index in [2.05, 4.69) is 10.3 Å². The largest absolute Gasteiger partial charge is 0.465 e. The molecule has 0 unspecified atom stereocenters. The average Bonchev–Trinajstić information content (AvgIpc) is 2.64. The molecule has 2 aromatic rings. The Morgan fingerprint density at radius 2 is 2.10 bits per heavy atom. The van der Waals surface area contributed by atoms with Gasteiger partial charge in [-0.3, -0.25) is 9.78 Å². The number of esters is 1. The van der Waals surface area contributed by atoms with Gasteiger partial charge in [-0.25, -0.2) is 4.79 Å². The summed E-state index contributed by atoms with van der Waals surface area (Å²) < 4.78 is 4.76. The van der Waals surface area contributed by atoms with Crippen molar-refractivity contribution < 1.29 is 14.3 Å². The number of anilines is 1. The van der Waals surface area contributed by atoms with Gasteiger partial charge in [0.2, 0.25) is 0 Å². The third-order valence-electron chi connectivity index (χ3n) is 3.32. The summed E-state index contributed by atoms with van der Waals surface area (Å²) in [6.45, 7) is 1.79. The molecule has 5 nitrogen and oxygen atoms in total. The molecule has 1 N–H and O–H groups in total. The second kappa shape index (κ2) is 5.21. The minimum Gasteiger partial charge on any atom is -0.465 e. The number of fused-ring (bicyclic) bond motifs is 2. The molecular weight excluding hydrogens is 288 g/mol. The molecule has 0 radical (unpaired) electrons. The Bertz CT molecular complexity index is 759. The summed E-state index contributed by atoms with van der Waals surface area (Å²) in [7, 11) is 1.34. The number of nitrogens with zero attached hydrogens (tertiary/aromatic N) is 1. The molecular formula is C15H12N2O3S. The molecule has 0 saturated carbocycles. The van der Waals surface area contributed by atoms with Crippen molar-refractivity contribution in [3.63, 3.8) is 0 Å². The summed E-state index contributed by atoms with van der Waals surface area (Å²) in [4.78, 5) is 29.8. The quantitative estimate of drug-likeness (QED) is 0.820. The zero-order chi connectivity index (χ0) is 15.0. The zero-order valence-electron chi connectivity index (χ0n) is 11.5. The van der Waals surface area contributed by atoms with Crippen LogP contribution < -0.4 is 5.32 Å². The monoisotopic (exact) mass is 300 g/mol. The number of aromatic nitrogens is 1. The highest BCUT2D eigenvalue weighted by atomic mass is 32.2. The summed E-state index contributed by atoms with van der Waals surface area (Å²) in [5.41, 5.74) is 2.36. The molecule has 1 aromatic heterocycles. The Kier molecular flexibility index (Phi) is 3.39. The fraction of sp³-hybridized carbons (Fsp3) is 0.133. The third kappa shape index (κ3) is 2.27. The van der Waals surface area contributed by atoms with Crippen molar-refractivity contribution in [2.24, 2.45) is 0 Å². The van der Waals surface area contributed by atoms with Gasteiger partial charge in [-0.05, 0) is 30.7 Å². The van der Waals surface area contributed by atoms with Crippen molar-refractivity contribution >= 4 is 29.3 Å². The van der Waals surface area contributed by atoms with E-state index in [1.807, 2.05) is 6.07 Å². The van der Waals surface area contributed by atoms with E-state index in [9.17, 15) is 9.59 Å². The Morgan fingerprint density at radius 3 is 2.86 bits per heavy atom. The van der Waals surface area contributed by atoms with E-state index < -0.39 is 5.97 Å². The number of pyridine rings is 1. The topological polar surface area (TPSA) is 68.3 Å². The molecule has 3 rings (SSSR count). The van der Waals surface area contributed by atoms with Crippen LogP contribution in [0.5, 0.6) is 0 Å². The lowest BCUT2D eigenvalue weighted by molar-refractivity contribution is 0.0599. The van der Waals surface area contributed by atoms with E-state index in [1.165, 1.54) is 18.9 Å². The first-order valence-electron chi connectivity index (χ1n) is 6.27. The van der Waals surface area contributed by atoms with E-state index in [-0.39, 0.29) is 5.91 Å². The van der Waals surface area contributed by atoms with E-state index in [0.29, 0.717) is 22.4 Å². The number of rotatable bonds is 1. The molecule has 6 heteroatoms. The summed E-state index contributed by atoms with van der Waals surface area (Å²) in [5, 5.41) is 2.87. The molecule has 0 aliphatic carbocycles. The summed E-state index contributed by atoms with van der Waals surface area (Å²) >= 11 is 1.45. The standard InChI is InChI=1S/C15H12N2O3S/c1-8-9(15(19)20-2)3-4-11-13(8)17-14(18)10-5-6-16-7-12(10)21-11/h3-7H,1-2H3,(H,17,18). The summed E-state index contributed by atoms with van der Waals surface area (Å²) in [6.07, 6.45) is 3.25. The van der Waals surface area contributed by atoms with Crippen LogP contribution in [0.25, 0.3) is 0 Å². The number of carbonyl (C=O) groups is 2. The predicted molar refractivity (Wildman–Crippen MR) is 78.8 cm³/mol. The van der Waals surface area contributed by atoms with Crippen LogP contribution in [0.3, 0.4) is 0 Å². The van der Waals surface area contributed by atoms with Crippen molar-refractivity contribution in [2.75, 3.05) is 12.4 Å². The van der Waals surface area contributed by atoms with Crippen LogP contribution in [-0.4, -0.2) is 24.0 Å². The summed E-state index contributed by atoms with van der Waals surface area (Å²) in [6, 6.07) is 5.20. The second-order valence-corrected chi connectivity index (χ2v) is 5.61. The first-order chi connectivity index (χ1) is 10.1. The minimum atomic E-state index is -0.419. The Labute approximate surface area is 125 Å². The number of ether oxygens (including phenoxy) is 1. The van der Waals surface area contributed by atoms with Gasteiger partial charge in [0.25, 0.3) is 5.91 Å². The van der Waals surface area contributed by atoms with Crippen LogP contribution in [0, 0.1) is 6.92 Å². The highest BCUT2D eigenvalue weighted by molar-refractivity contribution is 7.99. The average molecular weight is 300 g/mol. The first kappa shape index (κ1) is 13.6. The van der Waals surface area contributed by atoms with Gasteiger partial charge in [-0.2, -0.15) is 0 Å². The van der Waals surface area contributed by atoms with E-state index in [4.69, 9.17) is 4.74 Å². The molecule has 106 valence electrons. The van der Waals surface area contributed by atoms with Crippen molar-refractivity contribution in [3.05, 3.63) is 47.3 Å². The maximum Gasteiger partial charge on any atom is 0.338 e. The number of nitrogens with one attached hydrogen (secondary N) is 1. The molecule has 1 aromatic carbocycles. The van der Waals surface area contributed by atoms with Crippen LogP contribution in [0.2, 0.25) is 0 Å². The fourth-order valence-corrected chi connectivity index (χ4v) is 3.27. The first-order valence-corrected chi connectivity index (χ1v) is 7.08. The van der Waals surface area contributed by atoms with Crippen LogP contribution in [0.4, 0.5) is 5.69 Å². The van der Waals surface area contributed by atoms with Crippen LogP contribution in [-0.2, 0) is 4.74 Å². The molecule has 1 aliphatic heterocycles. The Morgan fingerprint density at radius 1 is 1.29 bits per heavy atom. The molecule has 0 spiro atoms. The highest BCUT2D eigenvalue weighted by Crippen LogP contribution is 2.40. The minimum absolute atomic E-state index is 0.205. The summed E-state index contributed by atoms with van der Waals surface area (Å²) in [5.74, 6) is -0.623. The van der Waals surface area contributed by atoms with Gasteiger partial charge in [-0.15, -0.1) is 0 Å². The van der Waals surface area contributed by atoms with Crippen molar-refractivity contribution in [1.29, 1.82) is 0 Å². The van der Waals surface area contributed by atoms with Crippen LogP contribution in [0.1, 0.15) is 26.3 Å². The fourth-order valence-electron chi connectivity index (χ4n) is 2.21. The number of amides is 1.